The molecule has 1 saturated carbocycles. The predicted octanol–water partition coefficient (Wildman–Crippen LogP) is 3.91. The molecule has 1 unspecified atom stereocenters. The van der Waals surface area contributed by atoms with Gasteiger partial charge in [-0.25, -0.2) is 0 Å². The number of carbonyl (C=O) groups excluding carboxylic acids is 1. The van der Waals surface area contributed by atoms with Crippen molar-refractivity contribution in [2.45, 2.75) is 37.7 Å². The summed E-state index contributed by atoms with van der Waals surface area (Å²) in [6.07, 6.45) is 0.612. The highest BCUT2D eigenvalue weighted by molar-refractivity contribution is 5.81. The molecule has 2 aromatic rings. The molecular formula is C20H22O2. The van der Waals surface area contributed by atoms with Crippen LogP contribution in [0, 0.1) is 5.92 Å². The Morgan fingerprint density at radius 1 is 1.00 bits per heavy atom. The van der Waals surface area contributed by atoms with Crippen LogP contribution in [0.2, 0.25) is 0 Å². The van der Waals surface area contributed by atoms with Gasteiger partial charge in [-0.3, -0.25) is 4.79 Å². The normalized spacial score (nSPS) is 31.1. The van der Waals surface area contributed by atoms with Crippen molar-refractivity contribution in [1.82, 2.24) is 0 Å². The fourth-order valence-corrected chi connectivity index (χ4v) is 4.13. The molecule has 0 aromatic heterocycles. The molecule has 1 aliphatic rings. The van der Waals surface area contributed by atoms with Crippen molar-refractivity contribution >= 4 is 5.78 Å². The summed E-state index contributed by atoms with van der Waals surface area (Å²) in [7, 11) is 0. The van der Waals surface area contributed by atoms with Crippen LogP contribution < -0.4 is 0 Å². The van der Waals surface area contributed by atoms with Crippen LogP contribution in [0.5, 0.6) is 0 Å². The molecule has 2 nitrogen and oxygen atoms in total. The highest BCUT2D eigenvalue weighted by Crippen LogP contribution is 2.54. The quantitative estimate of drug-likeness (QED) is 0.931. The smallest absolute Gasteiger partial charge is 0.136 e. The second-order valence-corrected chi connectivity index (χ2v) is 6.60. The second kappa shape index (κ2) is 5.69. The zero-order valence-corrected chi connectivity index (χ0v) is 13.1. The van der Waals surface area contributed by atoms with E-state index in [-0.39, 0.29) is 23.5 Å². The molecule has 1 aliphatic carbocycles. The molecule has 0 aliphatic heterocycles. The first-order valence-corrected chi connectivity index (χ1v) is 7.83. The van der Waals surface area contributed by atoms with E-state index in [0.29, 0.717) is 6.42 Å². The molecule has 114 valence electrons. The fourth-order valence-electron chi connectivity index (χ4n) is 4.13. The summed E-state index contributed by atoms with van der Waals surface area (Å²) in [5.74, 6) is -0.110. The molecule has 0 saturated heterocycles. The van der Waals surface area contributed by atoms with Gasteiger partial charge < -0.3 is 5.11 Å². The standard InChI is InChI=1S/C20H22O2/c1-14(21)19-18(16-11-7-4-8-12-16)17(13-20(19,2)22)15-9-5-3-6-10-15/h3-12,17-19,22H,13H2,1-2H3/t17-,18-,19+,20?/m0/s1. The Labute approximate surface area is 131 Å². The summed E-state index contributed by atoms with van der Waals surface area (Å²) in [4.78, 5) is 12.3. The summed E-state index contributed by atoms with van der Waals surface area (Å²) in [5, 5.41) is 10.9. The first kappa shape index (κ1) is 15.0. The Bertz CT molecular complexity index is 646. The van der Waals surface area contributed by atoms with Crippen molar-refractivity contribution in [3.05, 3.63) is 71.8 Å². The Hall–Kier alpha value is -1.93. The van der Waals surface area contributed by atoms with E-state index in [9.17, 15) is 9.90 Å². The van der Waals surface area contributed by atoms with Gasteiger partial charge in [0, 0.05) is 5.92 Å². The molecule has 0 bridgehead atoms. The van der Waals surface area contributed by atoms with Gasteiger partial charge in [0.2, 0.25) is 0 Å². The molecule has 1 N–H and O–H groups in total. The molecular weight excluding hydrogens is 272 g/mol. The average molecular weight is 294 g/mol. The Kier molecular flexibility index (Phi) is 3.88. The van der Waals surface area contributed by atoms with Crippen molar-refractivity contribution in [2.24, 2.45) is 5.92 Å². The summed E-state index contributed by atoms with van der Waals surface area (Å²) < 4.78 is 0. The maximum absolute atomic E-state index is 12.3. The van der Waals surface area contributed by atoms with Gasteiger partial charge >= 0.3 is 0 Å². The number of benzene rings is 2. The van der Waals surface area contributed by atoms with Crippen LogP contribution in [0.1, 0.15) is 43.2 Å². The van der Waals surface area contributed by atoms with Crippen molar-refractivity contribution in [3.63, 3.8) is 0 Å². The molecule has 0 spiro atoms. The number of hydrogen-bond acceptors (Lipinski definition) is 2. The van der Waals surface area contributed by atoms with E-state index in [2.05, 4.69) is 24.3 Å². The highest BCUT2D eigenvalue weighted by Gasteiger charge is 2.52. The third-order valence-electron chi connectivity index (χ3n) is 4.95. The van der Waals surface area contributed by atoms with Crippen molar-refractivity contribution < 1.29 is 9.90 Å². The third-order valence-corrected chi connectivity index (χ3v) is 4.95. The molecule has 1 fully saturated rings. The predicted molar refractivity (Wildman–Crippen MR) is 87.8 cm³/mol. The molecule has 2 aromatic carbocycles. The van der Waals surface area contributed by atoms with Gasteiger partial charge in [-0.2, -0.15) is 0 Å². The number of carbonyl (C=O) groups is 1. The average Bonchev–Trinajstić information content (AvgIpc) is 2.80. The minimum absolute atomic E-state index is 0.0242. The number of rotatable bonds is 3. The van der Waals surface area contributed by atoms with E-state index in [1.54, 1.807) is 13.8 Å². The molecule has 0 radical (unpaired) electrons. The number of aliphatic hydroxyl groups is 1. The molecule has 22 heavy (non-hydrogen) atoms. The summed E-state index contributed by atoms with van der Waals surface area (Å²) in [6, 6.07) is 20.4. The lowest BCUT2D eigenvalue weighted by Gasteiger charge is -2.28. The van der Waals surface area contributed by atoms with Crippen molar-refractivity contribution in [2.75, 3.05) is 0 Å². The van der Waals surface area contributed by atoms with E-state index in [1.165, 1.54) is 5.56 Å². The van der Waals surface area contributed by atoms with Crippen LogP contribution in [0.15, 0.2) is 60.7 Å². The largest absolute Gasteiger partial charge is 0.389 e. The summed E-state index contributed by atoms with van der Waals surface area (Å²) >= 11 is 0. The maximum Gasteiger partial charge on any atom is 0.136 e. The molecule has 0 amide bonds. The Morgan fingerprint density at radius 3 is 2.00 bits per heavy atom. The van der Waals surface area contributed by atoms with Crippen LogP contribution in [-0.2, 0) is 4.79 Å². The van der Waals surface area contributed by atoms with Gasteiger partial charge in [0.15, 0.2) is 0 Å². The molecule has 4 atom stereocenters. The minimum atomic E-state index is -0.965. The summed E-state index contributed by atoms with van der Waals surface area (Å²) in [6.45, 7) is 3.40. The topological polar surface area (TPSA) is 37.3 Å². The molecule has 0 heterocycles. The highest BCUT2D eigenvalue weighted by atomic mass is 16.3. The zero-order chi connectivity index (χ0) is 15.7. The lowest BCUT2D eigenvalue weighted by molar-refractivity contribution is -0.127. The van der Waals surface area contributed by atoms with Gasteiger partial charge in [-0.05, 0) is 37.3 Å². The zero-order valence-electron chi connectivity index (χ0n) is 13.1. The Balaban J connectivity index is 2.11. The molecule has 3 rings (SSSR count). The number of ketones is 1. The van der Waals surface area contributed by atoms with Crippen LogP contribution in [-0.4, -0.2) is 16.5 Å². The van der Waals surface area contributed by atoms with Crippen LogP contribution in [0.4, 0.5) is 0 Å². The Morgan fingerprint density at radius 2 is 1.50 bits per heavy atom. The van der Waals surface area contributed by atoms with E-state index in [0.717, 1.165) is 5.56 Å². The van der Waals surface area contributed by atoms with Crippen molar-refractivity contribution in [3.8, 4) is 0 Å². The lowest BCUT2D eigenvalue weighted by atomic mass is 9.77. The van der Waals surface area contributed by atoms with E-state index in [1.807, 2.05) is 36.4 Å². The van der Waals surface area contributed by atoms with Gasteiger partial charge in [0.1, 0.15) is 5.78 Å². The maximum atomic E-state index is 12.3. The van der Waals surface area contributed by atoms with Gasteiger partial charge in [0.25, 0.3) is 0 Å². The lowest BCUT2D eigenvalue weighted by Crippen LogP contribution is -2.36. The number of Topliss-reactive ketones (excluding diaryl/α,β-unsaturated/α-hetero) is 1. The first-order valence-electron chi connectivity index (χ1n) is 7.83. The van der Waals surface area contributed by atoms with Crippen LogP contribution in [0.3, 0.4) is 0 Å². The van der Waals surface area contributed by atoms with Gasteiger partial charge in [-0.15, -0.1) is 0 Å². The van der Waals surface area contributed by atoms with E-state index < -0.39 is 5.60 Å². The van der Waals surface area contributed by atoms with Gasteiger partial charge in [0.05, 0.1) is 11.5 Å². The van der Waals surface area contributed by atoms with E-state index >= 15 is 0 Å². The third kappa shape index (κ3) is 2.59. The monoisotopic (exact) mass is 294 g/mol. The van der Waals surface area contributed by atoms with Crippen molar-refractivity contribution in [1.29, 1.82) is 0 Å². The van der Waals surface area contributed by atoms with Gasteiger partial charge in [-0.1, -0.05) is 60.7 Å². The molecule has 2 heteroatoms. The first-order chi connectivity index (χ1) is 10.5. The number of hydrogen-bond donors (Lipinski definition) is 1. The SMILES string of the molecule is CC(=O)[C@@H]1[C@@H](c2ccccc2)[C@H](c2ccccc2)CC1(C)O. The van der Waals surface area contributed by atoms with Crippen LogP contribution >= 0.6 is 0 Å². The van der Waals surface area contributed by atoms with Crippen LogP contribution in [0.25, 0.3) is 0 Å². The fraction of sp³-hybridized carbons (Fsp3) is 0.350. The minimum Gasteiger partial charge on any atom is -0.389 e. The summed E-state index contributed by atoms with van der Waals surface area (Å²) in [5.41, 5.74) is 1.36. The van der Waals surface area contributed by atoms with E-state index in [4.69, 9.17) is 0 Å². The second-order valence-electron chi connectivity index (χ2n) is 6.60.